The smallest absolute Gasteiger partial charge is 0.220 e. The van der Waals surface area contributed by atoms with Gasteiger partial charge in [-0.3, -0.25) is 4.79 Å². The molecule has 2 aliphatic rings. The number of fused-ring (bicyclic) bond motifs is 4. The van der Waals surface area contributed by atoms with Crippen LogP contribution in [0.5, 0.6) is 0 Å². The molecule has 1 amide bonds. The van der Waals surface area contributed by atoms with Gasteiger partial charge in [-0.2, -0.15) is 0 Å². The first-order valence-electron chi connectivity index (χ1n) is 10.1. The molecule has 1 aliphatic heterocycles. The Kier molecular flexibility index (Phi) is 6.74. The zero-order valence-electron chi connectivity index (χ0n) is 15.3. The molecule has 1 aromatic carbocycles. The minimum absolute atomic E-state index is 0.0320. The third kappa shape index (κ3) is 5.46. The molecule has 3 atom stereocenters. The highest BCUT2D eigenvalue weighted by atomic mass is 16.1. The number of rotatable bonds is 1. The fraction of sp³-hybridized carbons (Fsp3) is 0.667. The Balaban J connectivity index is 1.65. The van der Waals surface area contributed by atoms with Crippen LogP contribution < -0.4 is 16.6 Å². The van der Waals surface area contributed by atoms with Crippen molar-refractivity contribution in [2.45, 2.75) is 76.7 Å². The molecular formula is C21H33N3O. The summed E-state index contributed by atoms with van der Waals surface area (Å²) < 4.78 is 0. The van der Waals surface area contributed by atoms with Crippen molar-refractivity contribution in [1.29, 1.82) is 0 Å². The van der Waals surface area contributed by atoms with Gasteiger partial charge in [0.25, 0.3) is 0 Å². The van der Waals surface area contributed by atoms with E-state index >= 15 is 0 Å². The predicted molar refractivity (Wildman–Crippen MR) is 103 cm³/mol. The maximum Gasteiger partial charge on any atom is 0.220 e. The third-order valence-electron chi connectivity index (χ3n) is 5.95. The maximum absolute atomic E-state index is 11.8. The number of nitrogens with two attached hydrogens (primary N) is 1. The average Bonchev–Trinajstić information content (AvgIpc) is 3.02. The number of primary amides is 1. The highest BCUT2D eigenvalue weighted by Gasteiger charge is 2.37. The molecule has 0 aromatic heterocycles. The quantitative estimate of drug-likeness (QED) is 0.717. The fourth-order valence-corrected chi connectivity index (χ4v) is 4.52. The van der Waals surface area contributed by atoms with Gasteiger partial charge in [0.2, 0.25) is 5.91 Å². The molecule has 4 nitrogen and oxygen atoms in total. The van der Waals surface area contributed by atoms with Gasteiger partial charge in [0.1, 0.15) is 0 Å². The molecule has 1 fully saturated rings. The average molecular weight is 344 g/mol. The number of aryl methyl sites for hydroxylation is 1. The SMILES string of the molecule is NC(=O)C1CC2CC1CCCCCCCCCc1cccc(c1)NN2. The first-order valence-corrected chi connectivity index (χ1v) is 10.1. The van der Waals surface area contributed by atoms with Crippen molar-refractivity contribution in [2.24, 2.45) is 17.6 Å². The Morgan fingerprint density at radius 3 is 2.56 bits per heavy atom. The molecule has 138 valence electrons. The molecule has 4 bridgehead atoms. The van der Waals surface area contributed by atoms with Crippen LogP contribution in [0, 0.1) is 11.8 Å². The summed E-state index contributed by atoms with van der Waals surface area (Å²) in [6.07, 6.45) is 13.3. The Labute approximate surface area is 151 Å². The zero-order chi connectivity index (χ0) is 17.5. The molecule has 4 heteroatoms. The molecule has 0 radical (unpaired) electrons. The molecule has 1 aromatic rings. The van der Waals surface area contributed by atoms with Crippen LogP contribution in [0.3, 0.4) is 0 Å². The van der Waals surface area contributed by atoms with Crippen LogP contribution >= 0.6 is 0 Å². The van der Waals surface area contributed by atoms with E-state index in [1.54, 1.807) is 0 Å². The highest BCUT2D eigenvalue weighted by molar-refractivity contribution is 5.77. The molecule has 1 heterocycles. The minimum Gasteiger partial charge on any atom is -0.369 e. The van der Waals surface area contributed by atoms with Gasteiger partial charge < -0.3 is 11.2 Å². The van der Waals surface area contributed by atoms with Gasteiger partial charge in [0.05, 0.1) is 0 Å². The van der Waals surface area contributed by atoms with Crippen LogP contribution in [0.25, 0.3) is 0 Å². The molecule has 0 spiro atoms. The van der Waals surface area contributed by atoms with E-state index < -0.39 is 0 Å². The van der Waals surface area contributed by atoms with Gasteiger partial charge in [-0.05, 0) is 55.7 Å². The lowest BCUT2D eigenvalue weighted by Crippen LogP contribution is -2.33. The lowest BCUT2D eigenvalue weighted by molar-refractivity contribution is -0.122. The van der Waals surface area contributed by atoms with Gasteiger partial charge in [-0.25, -0.2) is 5.43 Å². The Morgan fingerprint density at radius 2 is 1.76 bits per heavy atom. The summed E-state index contributed by atoms with van der Waals surface area (Å²) >= 11 is 0. The number of amides is 1. The van der Waals surface area contributed by atoms with Gasteiger partial charge in [0, 0.05) is 17.6 Å². The predicted octanol–water partition coefficient (Wildman–Crippen LogP) is 4.16. The molecular weight excluding hydrogens is 310 g/mol. The number of carbonyl (C=O) groups is 1. The van der Waals surface area contributed by atoms with Gasteiger partial charge in [-0.1, -0.05) is 50.7 Å². The molecule has 4 N–H and O–H groups in total. The maximum atomic E-state index is 11.8. The van der Waals surface area contributed by atoms with Crippen molar-refractivity contribution < 1.29 is 4.79 Å². The number of nitrogens with one attached hydrogen (secondary N) is 2. The molecule has 3 rings (SSSR count). The summed E-state index contributed by atoms with van der Waals surface area (Å²) in [4.78, 5) is 11.8. The standard InChI is InChI=1S/C21H33N3O/c22-21(25)20-15-19-14-17(20)11-7-5-3-1-2-4-6-9-16-10-8-12-18(13-16)23-24-19/h8,10,12-13,17,19-20,23-24H,1-7,9,11,14-15H2,(H2,22,25). The van der Waals surface area contributed by atoms with Crippen LogP contribution in [0.1, 0.15) is 69.8 Å². The van der Waals surface area contributed by atoms with Crippen molar-refractivity contribution in [2.75, 3.05) is 5.43 Å². The van der Waals surface area contributed by atoms with Crippen LogP contribution in [-0.4, -0.2) is 11.9 Å². The third-order valence-corrected chi connectivity index (χ3v) is 5.95. The van der Waals surface area contributed by atoms with Crippen molar-refractivity contribution in [3.8, 4) is 0 Å². The van der Waals surface area contributed by atoms with E-state index in [-0.39, 0.29) is 11.8 Å². The molecule has 3 unspecified atom stereocenters. The molecule has 0 saturated heterocycles. The number of hydrazine groups is 1. The number of anilines is 1. The molecule has 1 saturated carbocycles. The number of hydrogen-bond acceptors (Lipinski definition) is 3. The zero-order valence-corrected chi connectivity index (χ0v) is 15.3. The highest BCUT2D eigenvalue weighted by Crippen LogP contribution is 2.35. The van der Waals surface area contributed by atoms with Gasteiger partial charge in [-0.15, -0.1) is 0 Å². The Morgan fingerprint density at radius 1 is 1.00 bits per heavy atom. The van der Waals surface area contributed by atoms with E-state index in [0.29, 0.717) is 12.0 Å². The van der Waals surface area contributed by atoms with Crippen molar-refractivity contribution in [1.82, 2.24) is 5.43 Å². The second-order valence-corrected chi connectivity index (χ2v) is 7.92. The van der Waals surface area contributed by atoms with Crippen molar-refractivity contribution in [3.05, 3.63) is 29.8 Å². The summed E-state index contributed by atoms with van der Waals surface area (Å²) in [5.74, 6) is 0.356. The van der Waals surface area contributed by atoms with Crippen LogP contribution in [-0.2, 0) is 11.2 Å². The molecule has 1 aliphatic carbocycles. The summed E-state index contributed by atoms with van der Waals surface area (Å²) in [7, 11) is 0. The Bertz CT molecular complexity index is 560. The van der Waals surface area contributed by atoms with Crippen molar-refractivity contribution >= 4 is 11.6 Å². The number of benzene rings is 1. The summed E-state index contributed by atoms with van der Waals surface area (Å²) in [6, 6.07) is 9.00. The van der Waals surface area contributed by atoms with E-state index in [9.17, 15) is 4.79 Å². The largest absolute Gasteiger partial charge is 0.369 e. The fourth-order valence-electron chi connectivity index (χ4n) is 4.52. The van der Waals surface area contributed by atoms with Gasteiger partial charge >= 0.3 is 0 Å². The summed E-state index contributed by atoms with van der Waals surface area (Å²) in [6.45, 7) is 0. The summed E-state index contributed by atoms with van der Waals surface area (Å²) in [5, 5.41) is 0. The van der Waals surface area contributed by atoms with E-state index in [4.69, 9.17) is 5.73 Å². The van der Waals surface area contributed by atoms with E-state index in [1.807, 2.05) is 0 Å². The monoisotopic (exact) mass is 343 g/mol. The van der Waals surface area contributed by atoms with Crippen LogP contribution in [0.15, 0.2) is 24.3 Å². The topological polar surface area (TPSA) is 67.2 Å². The number of hydrogen-bond donors (Lipinski definition) is 3. The molecule has 25 heavy (non-hydrogen) atoms. The minimum atomic E-state index is -0.120. The normalized spacial score (nSPS) is 28.7. The van der Waals surface area contributed by atoms with Gasteiger partial charge in [0.15, 0.2) is 0 Å². The first kappa shape index (κ1) is 18.2. The lowest BCUT2D eigenvalue weighted by atomic mass is 9.90. The van der Waals surface area contributed by atoms with Crippen LogP contribution in [0.4, 0.5) is 5.69 Å². The number of carbonyl (C=O) groups excluding carboxylic acids is 1. The summed E-state index contributed by atoms with van der Waals surface area (Å²) in [5.41, 5.74) is 15.0. The Hall–Kier alpha value is -1.55. The second-order valence-electron chi connectivity index (χ2n) is 7.92. The van der Waals surface area contributed by atoms with E-state index in [2.05, 4.69) is 35.1 Å². The second kappa shape index (κ2) is 9.23. The first-order chi connectivity index (χ1) is 12.2. The van der Waals surface area contributed by atoms with E-state index in [0.717, 1.165) is 31.4 Å². The van der Waals surface area contributed by atoms with Crippen LogP contribution in [0.2, 0.25) is 0 Å². The lowest BCUT2D eigenvalue weighted by Gasteiger charge is -2.16. The van der Waals surface area contributed by atoms with Crippen molar-refractivity contribution in [3.63, 3.8) is 0 Å². The van der Waals surface area contributed by atoms with E-state index in [1.165, 1.54) is 50.5 Å².